The molecule has 2 aromatic carbocycles. The summed E-state index contributed by atoms with van der Waals surface area (Å²) < 4.78 is 65.2. The number of hydrogen-bond donors (Lipinski definition) is 3. The molecule has 0 aliphatic rings. The summed E-state index contributed by atoms with van der Waals surface area (Å²) in [5.74, 6) is 0.154. The fourth-order valence-electron chi connectivity index (χ4n) is 2.52. The normalized spacial score (nSPS) is 12.6. The van der Waals surface area contributed by atoms with Gasteiger partial charge in [-0.3, -0.25) is 0 Å². The van der Waals surface area contributed by atoms with Crippen molar-refractivity contribution in [2.24, 2.45) is 4.99 Å². The van der Waals surface area contributed by atoms with E-state index in [1.54, 1.807) is 6.07 Å². The summed E-state index contributed by atoms with van der Waals surface area (Å²) in [4.78, 5) is 4.23. The van der Waals surface area contributed by atoms with Gasteiger partial charge in [0.1, 0.15) is 0 Å². The summed E-state index contributed by atoms with van der Waals surface area (Å²) >= 11 is 0. The van der Waals surface area contributed by atoms with Crippen molar-refractivity contribution in [3.8, 4) is 0 Å². The second kappa shape index (κ2) is 11.0. The third kappa shape index (κ3) is 8.42. The van der Waals surface area contributed by atoms with E-state index in [-0.39, 0.29) is 25.4 Å². The van der Waals surface area contributed by atoms with E-state index < -0.39 is 21.8 Å². The van der Waals surface area contributed by atoms with Gasteiger partial charge in [-0.2, -0.15) is 13.2 Å². The fraction of sp³-hybridized carbons (Fsp3) is 0.350. The van der Waals surface area contributed by atoms with Gasteiger partial charge in [-0.15, -0.1) is 0 Å². The monoisotopic (exact) mass is 442 g/mol. The van der Waals surface area contributed by atoms with Crippen LogP contribution >= 0.6 is 0 Å². The number of alkyl halides is 3. The van der Waals surface area contributed by atoms with Gasteiger partial charge >= 0.3 is 6.18 Å². The molecule has 0 saturated carbocycles. The molecule has 30 heavy (non-hydrogen) atoms. The number of benzene rings is 2. The highest BCUT2D eigenvalue weighted by atomic mass is 32.2. The molecule has 0 radical (unpaired) electrons. The molecule has 164 valence electrons. The molecule has 0 aliphatic heterocycles. The first-order valence-corrected chi connectivity index (χ1v) is 11.0. The van der Waals surface area contributed by atoms with Crippen LogP contribution in [-0.4, -0.2) is 33.2 Å². The van der Waals surface area contributed by atoms with Crippen LogP contribution in [0.4, 0.5) is 13.2 Å². The zero-order chi connectivity index (χ0) is 22.0. The molecular weight excluding hydrogens is 417 g/mol. The standard InChI is InChI=1S/C20H25F3N4O2S/c1-2-24-19(26-14-17-9-6-10-18(13-17)20(21,22)23)25-11-12-30(28,29)27-15-16-7-4-3-5-8-16/h3-10,13,27H,2,11-12,14-15H2,1H3,(H2,24,25,26). The first kappa shape index (κ1) is 23.7. The van der Waals surface area contributed by atoms with Crippen molar-refractivity contribution in [3.05, 3.63) is 71.3 Å². The molecule has 0 saturated heterocycles. The SMILES string of the molecule is CCNC(=NCc1cccc(C(F)(F)F)c1)NCCS(=O)(=O)NCc1ccccc1. The molecule has 0 amide bonds. The molecule has 2 aromatic rings. The third-order valence-corrected chi connectivity index (χ3v) is 5.35. The van der Waals surface area contributed by atoms with Crippen LogP contribution in [0.5, 0.6) is 0 Å². The number of sulfonamides is 1. The van der Waals surface area contributed by atoms with Crippen molar-refractivity contribution in [2.75, 3.05) is 18.8 Å². The van der Waals surface area contributed by atoms with Gasteiger partial charge in [-0.1, -0.05) is 42.5 Å². The largest absolute Gasteiger partial charge is 0.416 e. The van der Waals surface area contributed by atoms with E-state index in [4.69, 9.17) is 0 Å². The van der Waals surface area contributed by atoms with E-state index in [2.05, 4.69) is 20.3 Å². The van der Waals surface area contributed by atoms with Crippen molar-refractivity contribution in [3.63, 3.8) is 0 Å². The summed E-state index contributed by atoms with van der Waals surface area (Å²) in [5.41, 5.74) is 0.521. The maximum atomic E-state index is 12.8. The van der Waals surface area contributed by atoms with Gasteiger partial charge in [0.25, 0.3) is 0 Å². The minimum Gasteiger partial charge on any atom is -0.357 e. The number of nitrogens with one attached hydrogen (secondary N) is 3. The number of nitrogens with zero attached hydrogens (tertiary/aromatic N) is 1. The first-order valence-electron chi connectivity index (χ1n) is 9.39. The lowest BCUT2D eigenvalue weighted by molar-refractivity contribution is -0.137. The fourth-order valence-corrected chi connectivity index (χ4v) is 3.42. The number of rotatable bonds is 9. The molecule has 10 heteroatoms. The maximum absolute atomic E-state index is 12.8. The number of halogens is 3. The zero-order valence-corrected chi connectivity index (χ0v) is 17.4. The van der Waals surface area contributed by atoms with Crippen molar-refractivity contribution < 1.29 is 21.6 Å². The van der Waals surface area contributed by atoms with Gasteiger partial charge in [0.2, 0.25) is 10.0 Å². The predicted molar refractivity (Wildman–Crippen MR) is 111 cm³/mol. The molecule has 6 nitrogen and oxygen atoms in total. The molecule has 0 heterocycles. The van der Waals surface area contributed by atoms with Crippen molar-refractivity contribution >= 4 is 16.0 Å². The Morgan fingerprint density at radius 1 is 1.00 bits per heavy atom. The molecule has 3 N–H and O–H groups in total. The Balaban J connectivity index is 1.89. The number of hydrogen-bond acceptors (Lipinski definition) is 3. The highest BCUT2D eigenvalue weighted by molar-refractivity contribution is 7.89. The minimum atomic E-state index is -4.41. The topological polar surface area (TPSA) is 82.6 Å². The van der Waals surface area contributed by atoms with Crippen molar-refractivity contribution in [2.45, 2.75) is 26.2 Å². The Hall–Kier alpha value is -2.59. The lowest BCUT2D eigenvalue weighted by Crippen LogP contribution is -2.41. The van der Waals surface area contributed by atoms with E-state index in [0.29, 0.717) is 18.1 Å². The Morgan fingerprint density at radius 3 is 2.37 bits per heavy atom. The van der Waals surface area contributed by atoms with Crippen LogP contribution in [0.2, 0.25) is 0 Å². The quantitative estimate of drug-likeness (QED) is 0.412. The Bertz CT molecular complexity index is 933. The molecule has 0 aliphatic carbocycles. The molecular formula is C20H25F3N4O2S. The van der Waals surface area contributed by atoms with E-state index >= 15 is 0 Å². The third-order valence-electron chi connectivity index (χ3n) is 4.02. The summed E-state index contributed by atoms with van der Waals surface area (Å²) in [6, 6.07) is 14.1. The van der Waals surface area contributed by atoms with Gasteiger partial charge in [-0.25, -0.2) is 18.1 Å². The minimum absolute atomic E-state index is 0.0261. The highest BCUT2D eigenvalue weighted by Crippen LogP contribution is 2.29. The van der Waals surface area contributed by atoms with Crippen LogP contribution in [0.1, 0.15) is 23.6 Å². The van der Waals surface area contributed by atoms with Crippen molar-refractivity contribution in [1.82, 2.24) is 15.4 Å². The van der Waals surface area contributed by atoms with Crippen LogP contribution in [-0.2, 0) is 29.3 Å². The molecule has 0 fully saturated rings. The van der Waals surface area contributed by atoms with Gasteiger partial charge in [0, 0.05) is 19.6 Å². The Labute approximate surface area is 174 Å². The Kier molecular flexibility index (Phi) is 8.67. The van der Waals surface area contributed by atoms with Crippen LogP contribution in [0.25, 0.3) is 0 Å². The Morgan fingerprint density at radius 2 is 1.70 bits per heavy atom. The van der Waals surface area contributed by atoms with E-state index in [1.807, 2.05) is 37.3 Å². The van der Waals surface area contributed by atoms with Gasteiger partial charge in [0.05, 0.1) is 17.9 Å². The van der Waals surface area contributed by atoms with Crippen LogP contribution < -0.4 is 15.4 Å². The van der Waals surface area contributed by atoms with Gasteiger partial charge in [0.15, 0.2) is 5.96 Å². The molecule has 0 unspecified atom stereocenters. The average molecular weight is 443 g/mol. The number of guanidine groups is 1. The molecule has 0 bridgehead atoms. The summed E-state index contributed by atoms with van der Waals surface area (Å²) in [6.07, 6.45) is -4.41. The summed E-state index contributed by atoms with van der Waals surface area (Å²) in [5, 5.41) is 5.83. The van der Waals surface area contributed by atoms with E-state index in [9.17, 15) is 21.6 Å². The summed E-state index contributed by atoms with van der Waals surface area (Å²) in [7, 11) is -3.50. The summed E-state index contributed by atoms with van der Waals surface area (Å²) in [6.45, 7) is 2.68. The zero-order valence-electron chi connectivity index (χ0n) is 16.5. The molecule has 2 rings (SSSR count). The van der Waals surface area contributed by atoms with E-state index in [0.717, 1.165) is 17.7 Å². The molecule has 0 spiro atoms. The van der Waals surface area contributed by atoms with Gasteiger partial charge in [-0.05, 0) is 30.2 Å². The molecule has 0 aromatic heterocycles. The van der Waals surface area contributed by atoms with Crippen LogP contribution in [0, 0.1) is 0 Å². The molecule has 0 atom stereocenters. The average Bonchev–Trinajstić information content (AvgIpc) is 2.71. The predicted octanol–water partition coefficient (Wildman–Crippen LogP) is 2.88. The van der Waals surface area contributed by atoms with Crippen LogP contribution in [0.15, 0.2) is 59.6 Å². The smallest absolute Gasteiger partial charge is 0.357 e. The van der Waals surface area contributed by atoms with Gasteiger partial charge < -0.3 is 10.6 Å². The van der Waals surface area contributed by atoms with E-state index in [1.165, 1.54) is 6.07 Å². The lowest BCUT2D eigenvalue weighted by atomic mass is 10.1. The lowest BCUT2D eigenvalue weighted by Gasteiger charge is -2.12. The second-order valence-corrected chi connectivity index (χ2v) is 8.37. The maximum Gasteiger partial charge on any atom is 0.416 e. The number of aliphatic imine (C=N–C) groups is 1. The highest BCUT2D eigenvalue weighted by Gasteiger charge is 2.30. The first-order chi connectivity index (χ1) is 14.2. The van der Waals surface area contributed by atoms with Crippen molar-refractivity contribution in [1.29, 1.82) is 0 Å². The second-order valence-electron chi connectivity index (χ2n) is 6.45. The van der Waals surface area contributed by atoms with Crippen LogP contribution in [0.3, 0.4) is 0 Å².